The van der Waals surface area contributed by atoms with Crippen molar-refractivity contribution in [1.82, 2.24) is 0 Å². The molecule has 0 spiro atoms. The van der Waals surface area contributed by atoms with Gasteiger partial charge >= 0.3 is 0 Å². The third kappa shape index (κ3) is 1.87. The lowest BCUT2D eigenvalue weighted by molar-refractivity contribution is 0.414. The Morgan fingerprint density at radius 1 is 1.43 bits per heavy atom. The molecule has 0 aliphatic heterocycles. The fourth-order valence-electron chi connectivity index (χ4n) is 1.33. The van der Waals surface area contributed by atoms with E-state index in [1.54, 1.807) is 7.11 Å². The molecule has 3 heteroatoms. The quantitative estimate of drug-likeness (QED) is 0.581. The summed E-state index contributed by atoms with van der Waals surface area (Å²) in [5, 5.41) is 0. The molecule has 3 nitrogen and oxygen atoms in total. The van der Waals surface area contributed by atoms with E-state index in [0.29, 0.717) is 11.9 Å². The number of amidine groups is 1. The van der Waals surface area contributed by atoms with Gasteiger partial charge in [-0.05, 0) is 25.0 Å². The number of hydrogen-bond acceptors (Lipinski definition) is 2. The Morgan fingerprint density at radius 2 is 2.14 bits per heavy atom. The third-order valence-electron chi connectivity index (χ3n) is 2.25. The number of methoxy groups -OCH3 is 1. The Kier molecular flexibility index (Phi) is 2.39. The Hall–Kier alpha value is -1.51. The highest BCUT2D eigenvalue weighted by atomic mass is 16.5. The molecule has 1 saturated carbocycles. The fraction of sp³-hybridized carbons (Fsp3) is 0.364. The van der Waals surface area contributed by atoms with Crippen LogP contribution in [0.1, 0.15) is 18.4 Å². The molecule has 0 atom stereocenters. The second-order valence-corrected chi connectivity index (χ2v) is 3.45. The van der Waals surface area contributed by atoms with Crippen LogP contribution in [0.2, 0.25) is 0 Å². The first kappa shape index (κ1) is 9.06. The lowest BCUT2D eigenvalue weighted by Gasteiger charge is -2.06. The zero-order valence-electron chi connectivity index (χ0n) is 8.23. The van der Waals surface area contributed by atoms with Gasteiger partial charge in [-0.25, -0.2) is 0 Å². The molecule has 1 aliphatic carbocycles. The monoisotopic (exact) mass is 190 g/mol. The van der Waals surface area contributed by atoms with Gasteiger partial charge in [-0.2, -0.15) is 0 Å². The normalized spacial score (nSPS) is 16.8. The molecular formula is C11H14N2O. The van der Waals surface area contributed by atoms with Gasteiger partial charge in [-0.3, -0.25) is 4.99 Å². The van der Waals surface area contributed by atoms with Gasteiger partial charge in [0, 0.05) is 0 Å². The van der Waals surface area contributed by atoms with Crippen LogP contribution >= 0.6 is 0 Å². The van der Waals surface area contributed by atoms with E-state index >= 15 is 0 Å². The van der Waals surface area contributed by atoms with Gasteiger partial charge in [0.15, 0.2) is 0 Å². The first-order chi connectivity index (χ1) is 6.81. The molecule has 0 aromatic heterocycles. The predicted octanol–water partition coefficient (Wildman–Crippen LogP) is 1.56. The van der Waals surface area contributed by atoms with Gasteiger partial charge in [-0.1, -0.05) is 12.1 Å². The maximum absolute atomic E-state index is 5.88. The maximum Gasteiger partial charge on any atom is 0.129 e. The van der Waals surface area contributed by atoms with Gasteiger partial charge in [0.2, 0.25) is 0 Å². The van der Waals surface area contributed by atoms with Gasteiger partial charge in [0.25, 0.3) is 0 Å². The fourth-order valence-corrected chi connectivity index (χ4v) is 1.33. The molecule has 1 fully saturated rings. The van der Waals surface area contributed by atoms with Crippen molar-refractivity contribution < 1.29 is 4.74 Å². The Balaban J connectivity index is 2.29. The number of para-hydroxylation sites is 1. The van der Waals surface area contributed by atoms with E-state index in [9.17, 15) is 0 Å². The van der Waals surface area contributed by atoms with Crippen LogP contribution in [0.4, 0.5) is 0 Å². The van der Waals surface area contributed by atoms with Crippen LogP contribution in [-0.2, 0) is 0 Å². The van der Waals surface area contributed by atoms with E-state index in [4.69, 9.17) is 10.5 Å². The van der Waals surface area contributed by atoms with Crippen LogP contribution in [0, 0.1) is 0 Å². The van der Waals surface area contributed by atoms with E-state index in [1.165, 1.54) is 0 Å². The number of benzene rings is 1. The summed E-state index contributed by atoms with van der Waals surface area (Å²) in [7, 11) is 1.64. The topological polar surface area (TPSA) is 47.6 Å². The first-order valence-electron chi connectivity index (χ1n) is 4.78. The molecule has 0 heterocycles. The molecule has 1 aromatic rings. The van der Waals surface area contributed by atoms with E-state index in [1.807, 2.05) is 24.3 Å². The van der Waals surface area contributed by atoms with Gasteiger partial charge in [-0.15, -0.1) is 0 Å². The molecule has 2 N–H and O–H groups in total. The third-order valence-corrected chi connectivity index (χ3v) is 2.25. The molecule has 2 rings (SSSR count). The highest BCUT2D eigenvalue weighted by Crippen LogP contribution is 2.25. The predicted molar refractivity (Wildman–Crippen MR) is 56.7 cm³/mol. The lowest BCUT2D eigenvalue weighted by atomic mass is 10.2. The average molecular weight is 190 g/mol. The molecule has 0 unspecified atom stereocenters. The SMILES string of the molecule is COc1ccccc1C(N)=NC1CC1. The molecule has 14 heavy (non-hydrogen) atoms. The Bertz CT molecular complexity index is 356. The van der Waals surface area contributed by atoms with Crippen molar-refractivity contribution in [3.63, 3.8) is 0 Å². The molecule has 74 valence electrons. The summed E-state index contributed by atoms with van der Waals surface area (Å²) in [6.07, 6.45) is 2.33. The summed E-state index contributed by atoms with van der Waals surface area (Å²) in [5.74, 6) is 1.37. The minimum atomic E-state index is 0.444. The van der Waals surface area contributed by atoms with E-state index in [0.717, 1.165) is 24.2 Å². The first-order valence-corrected chi connectivity index (χ1v) is 4.78. The van der Waals surface area contributed by atoms with Crippen LogP contribution in [0.15, 0.2) is 29.3 Å². The highest BCUT2D eigenvalue weighted by Gasteiger charge is 2.21. The number of ether oxygens (including phenoxy) is 1. The second-order valence-electron chi connectivity index (χ2n) is 3.45. The number of nitrogens with zero attached hydrogens (tertiary/aromatic N) is 1. The smallest absolute Gasteiger partial charge is 0.129 e. The van der Waals surface area contributed by atoms with Crippen molar-refractivity contribution in [1.29, 1.82) is 0 Å². The van der Waals surface area contributed by atoms with Crippen LogP contribution in [-0.4, -0.2) is 19.0 Å². The summed E-state index contributed by atoms with van der Waals surface area (Å²) >= 11 is 0. The minimum absolute atomic E-state index is 0.444. The van der Waals surface area contributed by atoms with Crippen molar-refractivity contribution >= 4 is 5.84 Å². The molecule has 1 aliphatic rings. The van der Waals surface area contributed by atoms with Crippen LogP contribution < -0.4 is 10.5 Å². The number of rotatable bonds is 3. The summed E-state index contributed by atoms with van der Waals surface area (Å²) in [6, 6.07) is 8.13. The molecule has 0 radical (unpaired) electrons. The average Bonchev–Trinajstić information content (AvgIpc) is 3.01. The van der Waals surface area contributed by atoms with E-state index in [2.05, 4.69) is 4.99 Å². The summed E-state index contributed by atoms with van der Waals surface area (Å²) in [6.45, 7) is 0. The highest BCUT2D eigenvalue weighted by molar-refractivity contribution is 6.00. The Labute approximate surface area is 83.6 Å². The molecule has 0 bridgehead atoms. The zero-order valence-corrected chi connectivity index (χ0v) is 8.23. The molecular weight excluding hydrogens is 176 g/mol. The minimum Gasteiger partial charge on any atom is -0.496 e. The molecule has 1 aromatic carbocycles. The standard InChI is InChI=1S/C11H14N2O/c1-14-10-5-3-2-4-9(10)11(12)13-8-6-7-8/h2-5,8H,6-7H2,1H3,(H2,12,13). The van der Waals surface area contributed by atoms with Crippen molar-refractivity contribution in [2.24, 2.45) is 10.7 Å². The summed E-state index contributed by atoms with van der Waals surface area (Å²) in [5.41, 5.74) is 6.77. The van der Waals surface area contributed by atoms with Crippen molar-refractivity contribution in [2.45, 2.75) is 18.9 Å². The second kappa shape index (κ2) is 3.70. The molecule has 0 saturated heterocycles. The van der Waals surface area contributed by atoms with Gasteiger partial charge < -0.3 is 10.5 Å². The van der Waals surface area contributed by atoms with Crippen molar-refractivity contribution in [2.75, 3.05) is 7.11 Å². The Morgan fingerprint density at radius 3 is 2.79 bits per heavy atom. The zero-order chi connectivity index (χ0) is 9.97. The number of nitrogens with two attached hydrogens (primary N) is 1. The van der Waals surface area contributed by atoms with Gasteiger partial charge in [0.05, 0.1) is 18.7 Å². The largest absolute Gasteiger partial charge is 0.496 e. The summed E-state index contributed by atoms with van der Waals surface area (Å²) < 4.78 is 5.21. The lowest BCUT2D eigenvalue weighted by Crippen LogP contribution is -2.15. The van der Waals surface area contributed by atoms with Crippen LogP contribution in [0.3, 0.4) is 0 Å². The summed E-state index contributed by atoms with van der Waals surface area (Å²) in [4.78, 5) is 4.38. The van der Waals surface area contributed by atoms with Crippen molar-refractivity contribution in [3.8, 4) is 5.75 Å². The van der Waals surface area contributed by atoms with Gasteiger partial charge in [0.1, 0.15) is 11.6 Å². The van der Waals surface area contributed by atoms with Crippen LogP contribution in [0.25, 0.3) is 0 Å². The number of aliphatic imine (C=N–C) groups is 1. The van der Waals surface area contributed by atoms with Crippen LogP contribution in [0.5, 0.6) is 5.75 Å². The van der Waals surface area contributed by atoms with E-state index < -0.39 is 0 Å². The van der Waals surface area contributed by atoms with Crippen molar-refractivity contribution in [3.05, 3.63) is 29.8 Å². The molecule has 0 amide bonds. The van der Waals surface area contributed by atoms with E-state index in [-0.39, 0.29) is 0 Å². The maximum atomic E-state index is 5.88. The number of hydrogen-bond donors (Lipinski definition) is 1.